The van der Waals surface area contributed by atoms with E-state index in [4.69, 9.17) is 11.6 Å². The van der Waals surface area contributed by atoms with Crippen molar-refractivity contribution in [3.8, 4) is 0 Å². The third-order valence-electron chi connectivity index (χ3n) is 0.915. The molecule has 0 saturated heterocycles. The number of thioether (sulfide) groups is 1. The summed E-state index contributed by atoms with van der Waals surface area (Å²) in [6.07, 6.45) is 2.03. The minimum absolute atomic E-state index is 0.228. The summed E-state index contributed by atoms with van der Waals surface area (Å²) in [5.74, 6) is 6.26. The number of nitrogens with zero attached hydrogens (tertiary/aromatic N) is 1. The molecule has 5 heteroatoms. The van der Waals surface area contributed by atoms with Crippen molar-refractivity contribution >= 4 is 17.7 Å². The minimum atomic E-state index is 0.228. The number of aliphatic imine (C=N–C) groups is 1. The van der Waals surface area contributed by atoms with E-state index in [2.05, 4.69) is 10.4 Å². The summed E-state index contributed by atoms with van der Waals surface area (Å²) >= 11 is 1.73. The highest BCUT2D eigenvalue weighted by molar-refractivity contribution is 7.98. The molecule has 60 valence electrons. The number of rotatable bonds is 3. The van der Waals surface area contributed by atoms with Crippen LogP contribution in [0.15, 0.2) is 4.99 Å². The average Bonchev–Trinajstić information content (AvgIpc) is 1.88. The van der Waals surface area contributed by atoms with E-state index >= 15 is 0 Å². The number of guanidine groups is 1. The van der Waals surface area contributed by atoms with Crippen LogP contribution in [0.1, 0.15) is 6.92 Å². The van der Waals surface area contributed by atoms with Crippen molar-refractivity contribution in [3.05, 3.63) is 0 Å². The second kappa shape index (κ2) is 5.37. The zero-order valence-electron chi connectivity index (χ0n) is 6.29. The van der Waals surface area contributed by atoms with E-state index < -0.39 is 0 Å². The third kappa shape index (κ3) is 4.46. The topological polar surface area (TPSA) is 76.4 Å². The maximum atomic E-state index is 5.31. The summed E-state index contributed by atoms with van der Waals surface area (Å²) < 4.78 is 0. The summed E-state index contributed by atoms with van der Waals surface area (Å²) in [4.78, 5) is 4.02. The Hall–Kier alpha value is -0.420. The van der Waals surface area contributed by atoms with Gasteiger partial charge in [0.05, 0.1) is 6.04 Å². The zero-order chi connectivity index (χ0) is 7.98. The maximum absolute atomic E-state index is 5.31. The molecule has 0 aliphatic heterocycles. The first-order valence-corrected chi connectivity index (χ1v) is 4.39. The Labute approximate surface area is 65.4 Å². The molecule has 1 atom stereocenters. The molecule has 0 fully saturated rings. The van der Waals surface area contributed by atoms with E-state index in [1.807, 2.05) is 13.2 Å². The van der Waals surface area contributed by atoms with Gasteiger partial charge in [0.2, 0.25) is 5.96 Å². The van der Waals surface area contributed by atoms with Crippen molar-refractivity contribution in [2.75, 3.05) is 12.0 Å². The van der Waals surface area contributed by atoms with Crippen LogP contribution in [0, 0.1) is 0 Å². The lowest BCUT2D eigenvalue weighted by Crippen LogP contribution is -2.38. The normalized spacial score (nSPS) is 14.9. The molecule has 0 aromatic rings. The van der Waals surface area contributed by atoms with Gasteiger partial charge >= 0.3 is 0 Å². The van der Waals surface area contributed by atoms with Crippen LogP contribution in [0.25, 0.3) is 0 Å². The van der Waals surface area contributed by atoms with Crippen LogP contribution in [-0.4, -0.2) is 24.0 Å². The van der Waals surface area contributed by atoms with Crippen LogP contribution < -0.4 is 17.0 Å². The van der Waals surface area contributed by atoms with Crippen molar-refractivity contribution in [2.45, 2.75) is 13.0 Å². The molecule has 0 aromatic heterocycles. The van der Waals surface area contributed by atoms with Gasteiger partial charge in [0.25, 0.3) is 0 Å². The molecule has 0 bridgehead atoms. The first-order valence-electron chi connectivity index (χ1n) is 2.99. The van der Waals surface area contributed by atoms with E-state index in [0.29, 0.717) is 5.96 Å². The number of hydrogen-bond donors (Lipinski definition) is 3. The van der Waals surface area contributed by atoms with E-state index in [1.165, 1.54) is 0 Å². The molecular weight excluding hydrogens is 148 g/mol. The first-order chi connectivity index (χ1) is 4.70. The number of nitrogens with one attached hydrogen (secondary N) is 1. The Bertz CT molecular complexity index is 114. The first kappa shape index (κ1) is 9.58. The van der Waals surface area contributed by atoms with Gasteiger partial charge in [-0.3, -0.25) is 5.43 Å². The van der Waals surface area contributed by atoms with E-state index in [1.54, 1.807) is 11.8 Å². The van der Waals surface area contributed by atoms with Crippen molar-refractivity contribution in [3.63, 3.8) is 0 Å². The largest absolute Gasteiger partial charge is 0.369 e. The molecule has 0 spiro atoms. The Balaban J connectivity index is 3.62. The molecule has 10 heavy (non-hydrogen) atoms. The monoisotopic (exact) mass is 162 g/mol. The third-order valence-corrected chi connectivity index (χ3v) is 1.73. The van der Waals surface area contributed by atoms with Crippen LogP contribution in [-0.2, 0) is 0 Å². The zero-order valence-corrected chi connectivity index (χ0v) is 7.11. The Morgan fingerprint density at radius 3 is 2.80 bits per heavy atom. The lowest BCUT2D eigenvalue weighted by Gasteiger charge is -2.04. The summed E-state index contributed by atoms with van der Waals surface area (Å²) in [6.45, 7) is 1.99. The quantitative estimate of drug-likeness (QED) is 0.227. The van der Waals surface area contributed by atoms with Gasteiger partial charge in [-0.15, -0.1) is 0 Å². The van der Waals surface area contributed by atoms with Gasteiger partial charge in [0.15, 0.2) is 0 Å². The molecule has 4 nitrogen and oxygen atoms in total. The molecule has 0 aliphatic rings. The average molecular weight is 162 g/mol. The highest BCUT2D eigenvalue weighted by Gasteiger charge is 1.96. The number of hydrogen-bond acceptors (Lipinski definition) is 3. The Morgan fingerprint density at radius 2 is 2.40 bits per heavy atom. The van der Waals surface area contributed by atoms with Crippen LogP contribution in [0.4, 0.5) is 0 Å². The predicted octanol–water partition coefficient (Wildman–Crippen LogP) is -0.484. The summed E-state index contributed by atoms with van der Waals surface area (Å²) in [7, 11) is 0. The lowest BCUT2D eigenvalue weighted by molar-refractivity contribution is 0.827. The van der Waals surface area contributed by atoms with Crippen LogP contribution in [0.2, 0.25) is 0 Å². The fraction of sp³-hybridized carbons (Fsp3) is 0.800. The standard InChI is InChI=1S/C5H14N4S/c1-4(3-10-2)8-5(6)9-7/h4H,3,7H2,1-2H3,(H3,6,8,9). The fourth-order valence-electron chi connectivity index (χ4n) is 0.553. The molecule has 0 heterocycles. The second-order valence-electron chi connectivity index (χ2n) is 1.96. The summed E-state index contributed by atoms with van der Waals surface area (Å²) in [6, 6.07) is 0.228. The van der Waals surface area contributed by atoms with Gasteiger partial charge in [-0.1, -0.05) is 0 Å². The second-order valence-corrected chi connectivity index (χ2v) is 2.87. The van der Waals surface area contributed by atoms with Gasteiger partial charge < -0.3 is 5.73 Å². The van der Waals surface area contributed by atoms with Crippen molar-refractivity contribution in [2.24, 2.45) is 16.6 Å². The smallest absolute Gasteiger partial charge is 0.203 e. The van der Waals surface area contributed by atoms with Crippen LogP contribution in [0.3, 0.4) is 0 Å². The van der Waals surface area contributed by atoms with Gasteiger partial charge in [-0.25, -0.2) is 10.8 Å². The summed E-state index contributed by atoms with van der Waals surface area (Å²) in [5, 5.41) is 0. The Kier molecular flexibility index (Phi) is 5.15. The Morgan fingerprint density at radius 1 is 1.80 bits per heavy atom. The maximum Gasteiger partial charge on any atom is 0.203 e. The van der Waals surface area contributed by atoms with E-state index in [-0.39, 0.29) is 6.04 Å². The molecule has 0 aromatic carbocycles. The van der Waals surface area contributed by atoms with Gasteiger partial charge in [0.1, 0.15) is 0 Å². The number of hydrazine groups is 1. The SMILES string of the molecule is CSCC(C)N=C(N)NN. The molecule has 1 unspecified atom stereocenters. The van der Waals surface area contributed by atoms with Crippen LogP contribution >= 0.6 is 11.8 Å². The lowest BCUT2D eigenvalue weighted by atomic mass is 10.4. The molecule has 0 saturated carbocycles. The number of nitrogens with two attached hydrogens (primary N) is 2. The van der Waals surface area contributed by atoms with Crippen molar-refractivity contribution < 1.29 is 0 Å². The molecule has 0 radical (unpaired) electrons. The van der Waals surface area contributed by atoms with Crippen molar-refractivity contribution in [1.82, 2.24) is 5.43 Å². The molecule has 5 N–H and O–H groups in total. The van der Waals surface area contributed by atoms with Crippen molar-refractivity contribution in [1.29, 1.82) is 0 Å². The molecule has 0 aliphatic carbocycles. The summed E-state index contributed by atoms with van der Waals surface area (Å²) in [5.41, 5.74) is 7.58. The molecule has 0 amide bonds. The highest BCUT2D eigenvalue weighted by atomic mass is 32.2. The highest BCUT2D eigenvalue weighted by Crippen LogP contribution is 1.99. The predicted molar refractivity (Wildman–Crippen MR) is 46.8 cm³/mol. The molecular formula is C5H14N4S. The van der Waals surface area contributed by atoms with Gasteiger partial charge in [-0.2, -0.15) is 11.8 Å². The van der Waals surface area contributed by atoms with Gasteiger partial charge in [-0.05, 0) is 13.2 Å². The molecule has 0 rings (SSSR count). The van der Waals surface area contributed by atoms with E-state index in [0.717, 1.165) is 5.75 Å². The fourth-order valence-corrected chi connectivity index (χ4v) is 1.11. The van der Waals surface area contributed by atoms with E-state index in [9.17, 15) is 0 Å². The van der Waals surface area contributed by atoms with Gasteiger partial charge in [0, 0.05) is 5.75 Å². The minimum Gasteiger partial charge on any atom is -0.369 e. The van der Waals surface area contributed by atoms with Crippen LogP contribution in [0.5, 0.6) is 0 Å².